The number of benzene rings is 1. The molecule has 18 heavy (non-hydrogen) atoms. The van der Waals surface area contributed by atoms with Gasteiger partial charge in [0.2, 0.25) is 0 Å². The van der Waals surface area contributed by atoms with Gasteiger partial charge in [-0.05, 0) is 31.0 Å². The molecule has 1 heterocycles. The summed E-state index contributed by atoms with van der Waals surface area (Å²) in [5.41, 5.74) is 1.49. The first-order valence-corrected chi connectivity index (χ1v) is 6.96. The Morgan fingerprint density at radius 2 is 2.44 bits per heavy atom. The van der Waals surface area contributed by atoms with Gasteiger partial charge in [0, 0.05) is 16.9 Å². The van der Waals surface area contributed by atoms with Crippen LogP contribution in [0, 0.1) is 11.3 Å². The molecule has 3 nitrogen and oxygen atoms in total. The molecule has 0 aromatic heterocycles. The molecule has 1 aromatic carbocycles. The van der Waals surface area contributed by atoms with E-state index in [1.807, 2.05) is 31.2 Å². The maximum atomic E-state index is 12.2. The Balaban J connectivity index is 1.95. The standard InChI is InChI=1S/C14H14BrNO2/c1-2-18-13(17)14-7-10(14)8-16-12(14)9-4-3-5-11(15)6-9/h3-6,10H,2,7-8H2,1H3/t10-,14+/m1/s1. The first kappa shape index (κ1) is 11.9. The Morgan fingerprint density at radius 1 is 1.61 bits per heavy atom. The zero-order valence-electron chi connectivity index (χ0n) is 10.1. The van der Waals surface area contributed by atoms with Crippen LogP contribution in [0.3, 0.4) is 0 Å². The third-order valence-corrected chi connectivity index (χ3v) is 4.23. The highest BCUT2D eigenvalue weighted by atomic mass is 79.9. The molecule has 0 saturated heterocycles. The zero-order chi connectivity index (χ0) is 12.8. The molecule has 0 radical (unpaired) electrons. The summed E-state index contributed by atoms with van der Waals surface area (Å²) in [6.45, 7) is 3.02. The van der Waals surface area contributed by atoms with Crippen molar-refractivity contribution < 1.29 is 9.53 Å². The van der Waals surface area contributed by atoms with Crippen LogP contribution in [0.15, 0.2) is 33.7 Å². The fourth-order valence-electron chi connectivity index (χ4n) is 2.77. The molecule has 0 bridgehead atoms. The summed E-state index contributed by atoms with van der Waals surface area (Å²) in [6, 6.07) is 7.96. The van der Waals surface area contributed by atoms with Gasteiger partial charge in [-0.3, -0.25) is 9.79 Å². The molecule has 0 unspecified atom stereocenters. The summed E-state index contributed by atoms with van der Waals surface area (Å²) in [7, 11) is 0. The Morgan fingerprint density at radius 3 is 3.11 bits per heavy atom. The number of esters is 1. The van der Waals surface area contributed by atoms with E-state index in [0.29, 0.717) is 12.5 Å². The van der Waals surface area contributed by atoms with Crippen molar-refractivity contribution in [2.24, 2.45) is 16.3 Å². The highest BCUT2D eigenvalue weighted by Crippen LogP contribution is 2.59. The zero-order valence-corrected chi connectivity index (χ0v) is 11.7. The number of rotatable bonds is 3. The lowest BCUT2D eigenvalue weighted by atomic mass is 9.93. The largest absolute Gasteiger partial charge is 0.465 e. The lowest BCUT2D eigenvalue weighted by Gasteiger charge is -2.15. The normalized spacial score (nSPS) is 28.6. The van der Waals surface area contributed by atoms with Gasteiger partial charge < -0.3 is 4.74 Å². The fourth-order valence-corrected chi connectivity index (χ4v) is 3.17. The van der Waals surface area contributed by atoms with Gasteiger partial charge in [0.25, 0.3) is 0 Å². The van der Waals surface area contributed by atoms with Crippen molar-refractivity contribution in [1.82, 2.24) is 0 Å². The van der Waals surface area contributed by atoms with Crippen LogP contribution >= 0.6 is 15.9 Å². The molecule has 1 saturated carbocycles. The first-order chi connectivity index (χ1) is 8.68. The molecule has 94 valence electrons. The number of nitrogens with zero attached hydrogens (tertiary/aromatic N) is 1. The predicted molar refractivity (Wildman–Crippen MR) is 72.7 cm³/mol. The number of ether oxygens (including phenoxy) is 1. The van der Waals surface area contributed by atoms with Gasteiger partial charge in [-0.25, -0.2) is 0 Å². The summed E-state index contributed by atoms with van der Waals surface area (Å²) < 4.78 is 6.23. The minimum atomic E-state index is -0.448. The van der Waals surface area contributed by atoms with E-state index in [4.69, 9.17) is 4.74 Å². The maximum absolute atomic E-state index is 12.2. The molecule has 1 aromatic rings. The average Bonchev–Trinajstić information content (AvgIpc) is 2.97. The summed E-state index contributed by atoms with van der Waals surface area (Å²) in [5, 5.41) is 0. The van der Waals surface area contributed by atoms with Crippen molar-refractivity contribution in [3.8, 4) is 0 Å². The number of hydrogen-bond acceptors (Lipinski definition) is 3. The van der Waals surface area contributed by atoms with Gasteiger partial charge in [0.05, 0.1) is 12.3 Å². The Kier molecular flexibility index (Phi) is 2.77. The molecule has 1 fully saturated rings. The summed E-state index contributed by atoms with van der Waals surface area (Å²) in [4.78, 5) is 16.7. The van der Waals surface area contributed by atoms with Gasteiger partial charge in [0.15, 0.2) is 0 Å². The van der Waals surface area contributed by atoms with Crippen molar-refractivity contribution in [3.63, 3.8) is 0 Å². The van der Waals surface area contributed by atoms with E-state index in [1.165, 1.54) is 0 Å². The van der Waals surface area contributed by atoms with Crippen LogP contribution in [0.5, 0.6) is 0 Å². The van der Waals surface area contributed by atoms with Crippen molar-refractivity contribution >= 4 is 27.6 Å². The first-order valence-electron chi connectivity index (χ1n) is 6.16. The van der Waals surface area contributed by atoms with E-state index >= 15 is 0 Å². The second-order valence-electron chi connectivity index (χ2n) is 4.79. The average molecular weight is 308 g/mol. The molecule has 1 aliphatic carbocycles. The topological polar surface area (TPSA) is 38.7 Å². The van der Waals surface area contributed by atoms with Gasteiger partial charge >= 0.3 is 5.97 Å². The third kappa shape index (κ3) is 1.62. The predicted octanol–water partition coefficient (Wildman–Crippen LogP) is 2.82. The van der Waals surface area contributed by atoms with Crippen LogP contribution in [-0.2, 0) is 9.53 Å². The monoisotopic (exact) mass is 307 g/mol. The number of fused-ring (bicyclic) bond motifs is 1. The molecule has 1 aliphatic heterocycles. The van der Waals surface area contributed by atoms with E-state index in [-0.39, 0.29) is 5.97 Å². The summed E-state index contributed by atoms with van der Waals surface area (Å²) in [6.07, 6.45) is 0.886. The van der Waals surface area contributed by atoms with Crippen LogP contribution in [0.4, 0.5) is 0 Å². The van der Waals surface area contributed by atoms with E-state index < -0.39 is 5.41 Å². The van der Waals surface area contributed by atoms with Crippen molar-refractivity contribution in [2.45, 2.75) is 13.3 Å². The second-order valence-corrected chi connectivity index (χ2v) is 5.71. The molecule has 2 atom stereocenters. The Hall–Kier alpha value is -1.16. The van der Waals surface area contributed by atoms with Gasteiger partial charge in [0.1, 0.15) is 5.41 Å². The molecule has 0 spiro atoms. The van der Waals surface area contributed by atoms with Crippen molar-refractivity contribution in [1.29, 1.82) is 0 Å². The molecular formula is C14H14BrNO2. The number of carbonyl (C=O) groups excluding carboxylic acids is 1. The van der Waals surface area contributed by atoms with Crippen LogP contribution in [0.1, 0.15) is 18.9 Å². The molecular weight excluding hydrogens is 294 g/mol. The molecule has 0 N–H and O–H groups in total. The van der Waals surface area contributed by atoms with Gasteiger partial charge in [-0.1, -0.05) is 28.1 Å². The highest BCUT2D eigenvalue weighted by Gasteiger charge is 2.67. The molecule has 4 heteroatoms. The Bertz CT molecular complexity index is 540. The number of carbonyl (C=O) groups is 1. The van der Waals surface area contributed by atoms with Crippen LogP contribution < -0.4 is 0 Å². The summed E-state index contributed by atoms with van der Waals surface area (Å²) >= 11 is 3.46. The van der Waals surface area contributed by atoms with E-state index in [9.17, 15) is 4.79 Å². The number of halogens is 1. The number of aliphatic imine (C=N–C) groups is 1. The van der Waals surface area contributed by atoms with Crippen molar-refractivity contribution in [3.05, 3.63) is 34.3 Å². The fraction of sp³-hybridized carbons (Fsp3) is 0.429. The molecule has 2 aliphatic rings. The number of hydrogen-bond donors (Lipinski definition) is 0. The molecule has 3 rings (SSSR count). The summed E-state index contributed by atoms with van der Waals surface area (Å²) in [5.74, 6) is 0.247. The van der Waals surface area contributed by atoms with Crippen LogP contribution in [0.2, 0.25) is 0 Å². The van der Waals surface area contributed by atoms with E-state index in [2.05, 4.69) is 20.9 Å². The molecule has 0 amide bonds. The highest BCUT2D eigenvalue weighted by molar-refractivity contribution is 9.10. The van der Waals surface area contributed by atoms with E-state index in [0.717, 1.165) is 28.7 Å². The minimum Gasteiger partial charge on any atom is -0.465 e. The van der Waals surface area contributed by atoms with Gasteiger partial charge in [-0.15, -0.1) is 0 Å². The van der Waals surface area contributed by atoms with Crippen LogP contribution in [-0.4, -0.2) is 24.8 Å². The van der Waals surface area contributed by atoms with Crippen molar-refractivity contribution in [2.75, 3.05) is 13.2 Å². The third-order valence-electron chi connectivity index (χ3n) is 3.74. The lowest BCUT2D eigenvalue weighted by Crippen LogP contribution is -2.28. The second kappa shape index (κ2) is 4.19. The smallest absolute Gasteiger partial charge is 0.318 e. The van der Waals surface area contributed by atoms with E-state index in [1.54, 1.807) is 0 Å². The Labute approximate surface area is 114 Å². The SMILES string of the molecule is CCOC(=O)[C@@]12C[C@@H]1CN=C2c1cccc(Br)c1. The van der Waals surface area contributed by atoms with Gasteiger partial charge in [-0.2, -0.15) is 0 Å². The quantitative estimate of drug-likeness (QED) is 0.805. The van der Waals surface area contributed by atoms with Crippen LogP contribution in [0.25, 0.3) is 0 Å². The maximum Gasteiger partial charge on any atom is 0.318 e. The minimum absolute atomic E-state index is 0.105. The lowest BCUT2D eigenvalue weighted by molar-refractivity contribution is -0.147.